The molecule has 0 aromatic heterocycles. The molecule has 2 rings (SSSR count). The van der Waals surface area contributed by atoms with Crippen molar-refractivity contribution in [3.63, 3.8) is 0 Å². The fourth-order valence-electron chi connectivity index (χ4n) is 2.29. The van der Waals surface area contributed by atoms with Crippen LogP contribution in [-0.2, 0) is 9.53 Å². The van der Waals surface area contributed by atoms with Gasteiger partial charge in [-0.3, -0.25) is 4.79 Å². The number of rotatable bonds is 7. The fourth-order valence-corrected chi connectivity index (χ4v) is 2.49. The zero-order valence-electron chi connectivity index (χ0n) is 13.2. The Hall–Kier alpha value is -2.37. The molecule has 0 saturated carbocycles. The van der Waals surface area contributed by atoms with E-state index < -0.39 is 12.1 Å². The minimum Gasteiger partial charge on any atom is -0.478 e. The summed E-state index contributed by atoms with van der Waals surface area (Å²) in [7, 11) is 0. The Bertz CT molecular complexity index is 732. The van der Waals surface area contributed by atoms with E-state index in [1.807, 2.05) is 12.1 Å². The number of aromatic carboxylic acids is 1. The zero-order valence-corrected chi connectivity index (χ0v) is 13.9. The Balaban J connectivity index is 2.26. The lowest BCUT2D eigenvalue weighted by atomic mass is 9.99. The molecule has 0 unspecified atom stereocenters. The van der Waals surface area contributed by atoms with Crippen LogP contribution in [0.3, 0.4) is 0 Å². The van der Waals surface area contributed by atoms with Crippen molar-refractivity contribution in [1.29, 1.82) is 0 Å². The largest absolute Gasteiger partial charge is 0.478 e. The Kier molecular flexibility index (Phi) is 6.35. The molecule has 0 bridgehead atoms. The summed E-state index contributed by atoms with van der Waals surface area (Å²) in [6, 6.07) is 13.8. The monoisotopic (exact) mass is 347 g/mol. The Morgan fingerprint density at radius 1 is 1.17 bits per heavy atom. The highest BCUT2D eigenvalue weighted by Gasteiger charge is 2.17. The molecule has 2 aromatic rings. The van der Waals surface area contributed by atoms with Gasteiger partial charge in [0.15, 0.2) is 0 Å². The third kappa shape index (κ3) is 5.08. The molecule has 126 valence electrons. The van der Waals surface area contributed by atoms with Gasteiger partial charge in [-0.25, -0.2) is 4.79 Å². The maximum atomic E-state index is 11.2. The van der Waals surface area contributed by atoms with E-state index in [2.05, 4.69) is 5.32 Å². The van der Waals surface area contributed by atoms with E-state index in [9.17, 15) is 14.7 Å². The highest BCUT2D eigenvalue weighted by atomic mass is 35.5. The third-order valence-electron chi connectivity index (χ3n) is 3.35. The number of hydrogen-bond acceptors (Lipinski definition) is 3. The highest BCUT2D eigenvalue weighted by Crippen LogP contribution is 2.28. The second-order valence-corrected chi connectivity index (χ2v) is 5.66. The number of amides is 1. The van der Waals surface area contributed by atoms with Gasteiger partial charge in [0, 0.05) is 18.5 Å². The molecule has 2 N–H and O–H groups in total. The van der Waals surface area contributed by atoms with E-state index >= 15 is 0 Å². The minimum atomic E-state index is -1.00. The Morgan fingerprint density at radius 3 is 2.46 bits per heavy atom. The van der Waals surface area contributed by atoms with Crippen molar-refractivity contribution in [2.45, 2.75) is 13.0 Å². The van der Waals surface area contributed by atoms with Crippen molar-refractivity contribution >= 4 is 23.5 Å². The van der Waals surface area contributed by atoms with Crippen LogP contribution in [0.4, 0.5) is 0 Å². The molecule has 2 aromatic carbocycles. The van der Waals surface area contributed by atoms with Crippen molar-refractivity contribution in [3.05, 3.63) is 70.2 Å². The predicted octanol–water partition coefficient (Wildman–Crippen LogP) is 3.28. The normalized spacial score (nSPS) is 11.8. The van der Waals surface area contributed by atoms with Crippen LogP contribution < -0.4 is 5.32 Å². The smallest absolute Gasteiger partial charge is 0.335 e. The molecular formula is C18H18ClNO4. The van der Waals surface area contributed by atoms with Crippen LogP contribution in [0.25, 0.3) is 0 Å². The van der Waals surface area contributed by atoms with E-state index in [-0.39, 0.29) is 18.1 Å². The van der Waals surface area contributed by atoms with E-state index in [1.165, 1.54) is 13.0 Å². The lowest BCUT2D eigenvalue weighted by Crippen LogP contribution is -2.25. The molecule has 0 heterocycles. The molecule has 0 aliphatic heterocycles. The average Bonchev–Trinajstić information content (AvgIpc) is 2.54. The molecule has 5 nitrogen and oxygen atoms in total. The average molecular weight is 348 g/mol. The summed E-state index contributed by atoms with van der Waals surface area (Å²) in [6.45, 7) is 2.09. The number of hydrogen-bond donors (Lipinski definition) is 2. The van der Waals surface area contributed by atoms with Gasteiger partial charge in [0.2, 0.25) is 5.91 Å². The number of benzene rings is 2. The number of carbonyl (C=O) groups is 2. The van der Waals surface area contributed by atoms with Gasteiger partial charge in [0.1, 0.15) is 6.10 Å². The summed E-state index contributed by atoms with van der Waals surface area (Å²) in [5.74, 6) is -1.13. The van der Waals surface area contributed by atoms with Crippen molar-refractivity contribution in [3.8, 4) is 0 Å². The third-order valence-corrected chi connectivity index (χ3v) is 3.58. The summed E-state index contributed by atoms with van der Waals surface area (Å²) in [6.07, 6.45) is -0.475. The summed E-state index contributed by atoms with van der Waals surface area (Å²) in [5, 5.41) is 12.4. The van der Waals surface area contributed by atoms with Crippen LogP contribution in [0.15, 0.2) is 48.5 Å². The van der Waals surface area contributed by atoms with Crippen LogP contribution in [0.5, 0.6) is 0 Å². The first-order valence-corrected chi connectivity index (χ1v) is 7.80. The molecule has 6 heteroatoms. The summed E-state index contributed by atoms with van der Waals surface area (Å²) in [5.41, 5.74) is 1.71. The molecule has 24 heavy (non-hydrogen) atoms. The molecule has 0 fully saturated rings. The van der Waals surface area contributed by atoms with Gasteiger partial charge in [-0.05, 0) is 35.4 Å². The van der Waals surface area contributed by atoms with Gasteiger partial charge in [-0.15, -0.1) is 0 Å². The predicted molar refractivity (Wildman–Crippen MR) is 91.3 cm³/mol. The summed E-state index contributed by atoms with van der Waals surface area (Å²) >= 11 is 6.05. The minimum absolute atomic E-state index is 0.134. The maximum Gasteiger partial charge on any atom is 0.335 e. The topological polar surface area (TPSA) is 75.6 Å². The number of halogens is 1. The van der Waals surface area contributed by atoms with Crippen molar-refractivity contribution in [2.75, 3.05) is 13.2 Å². The van der Waals surface area contributed by atoms with Gasteiger partial charge in [-0.2, -0.15) is 0 Å². The van der Waals surface area contributed by atoms with E-state index in [0.717, 1.165) is 5.56 Å². The molecule has 1 atom stereocenters. The van der Waals surface area contributed by atoms with E-state index in [0.29, 0.717) is 17.1 Å². The second kappa shape index (κ2) is 8.47. The molecule has 0 aliphatic rings. The molecule has 1 amide bonds. The number of nitrogens with one attached hydrogen (secondary N) is 1. The van der Waals surface area contributed by atoms with Crippen molar-refractivity contribution < 1.29 is 19.4 Å². The van der Waals surface area contributed by atoms with Crippen molar-refractivity contribution in [2.24, 2.45) is 0 Å². The van der Waals surface area contributed by atoms with Gasteiger partial charge >= 0.3 is 5.97 Å². The van der Waals surface area contributed by atoms with Crippen molar-refractivity contribution in [1.82, 2.24) is 5.32 Å². The first-order chi connectivity index (χ1) is 11.5. The Labute approximate surface area is 145 Å². The van der Waals surface area contributed by atoms with Gasteiger partial charge in [0.25, 0.3) is 0 Å². The first-order valence-electron chi connectivity index (χ1n) is 7.42. The lowest BCUT2D eigenvalue weighted by molar-refractivity contribution is -0.119. The van der Waals surface area contributed by atoms with E-state index in [4.69, 9.17) is 16.3 Å². The standard InChI is InChI=1S/C18H18ClNO4/c1-12(21)20-8-9-24-17(14-5-3-7-16(19)11-14)13-4-2-6-15(10-13)18(22)23/h2-7,10-11,17H,8-9H2,1H3,(H,20,21)(H,22,23)/t17-/m1/s1. The molecule has 0 radical (unpaired) electrons. The zero-order chi connectivity index (χ0) is 17.5. The quantitative estimate of drug-likeness (QED) is 0.754. The van der Waals surface area contributed by atoms with Crippen LogP contribution in [0, 0.1) is 0 Å². The van der Waals surface area contributed by atoms with Crippen LogP contribution in [0.1, 0.15) is 34.5 Å². The molecule has 0 saturated heterocycles. The van der Waals surface area contributed by atoms with Gasteiger partial charge in [-0.1, -0.05) is 35.9 Å². The summed E-state index contributed by atoms with van der Waals surface area (Å²) < 4.78 is 5.89. The van der Waals surface area contributed by atoms with Gasteiger partial charge in [0.05, 0.1) is 12.2 Å². The molecular weight excluding hydrogens is 330 g/mol. The number of carboxylic acids is 1. The van der Waals surface area contributed by atoms with Crippen LogP contribution >= 0.6 is 11.6 Å². The lowest BCUT2D eigenvalue weighted by Gasteiger charge is -2.20. The van der Waals surface area contributed by atoms with E-state index in [1.54, 1.807) is 30.3 Å². The van der Waals surface area contributed by atoms with Crippen LogP contribution in [0.2, 0.25) is 5.02 Å². The Morgan fingerprint density at radius 2 is 1.83 bits per heavy atom. The second-order valence-electron chi connectivity index (χ2n) is 5.22. The van der Waals surface area contributed by atoms with Crippen LogP contribution in [-0.4, -0.2) is 30.1 Å². The SMILES string of the molecule is CC(=O)NCCO[C@@H](c1cccc(Cl)c1)c1cccc(C(=O)O)c1. The fraction of sp³-hybridized carbons (Fsp3) is 0.222. The number of ether oxygens (including phenoxy) is 1. The molecule has 0 spiro atoms. The first kappa shape index (κ1) is 18.0. The maximum absolute atomic E-state index is 11.2. The number of carbonyl (C=O) groups excluding carboxylic acids is 1. The summed E-state index contributed by atoms with van der Waals surface area (Å²) in [4.78, 5) is 22.1. The molecule has 0 aliphatic carbocycles. The number of carboxylic acid groups (broad SMARTS) is 1. The van der Waals surface area contributed by atoms with Gasteiger partial charge < -0.3 is 15.2 Å². The highest BCUT2D eigenvalue weighted by molar-refractivity contribution is 6.30.